The number of amides is 1. The molecule has 0 spiro atoms. The van der Waals surface area contributed by atoms with Crippen molar-refractivity contribution in [1.29, 1.82) is 0 Å². The zero-order chi connectivity index (χ0) is 27.2. The molecule has 198 valence electrons. The number of hydrogen-bond acceptors (Lipinski definition) is 6. The van der Waals surface area contributed by atoms with Gasteiger partial charge in [-0.15, -0.1) is 0 Å². The van der Waals surface area contributed by atoms with E-state index in [-0.39, 0.29) is 40.7 Å². The Bertz CT molecular complexity index is 1360. The molecule has 0 saturated heterocycles. The van der Waals surface area contributed by atoms with Crippen molar-refractivity contribution >= 4 is 17.4 Å². The number of carbonyl (C=O) groups excluding carboxylic acids is 1. The molecule has 1 aliphatic carbocycles. The van der Waals surface area contributed by atoms with E-state index in [2.05, 4.69) is 33.8 Å². The molecule has 1 aromatic heterocycles. The SMILES string of the molecule is C=CC(=O)N[C@@H]1CCC(C(C)Cc2ncnc(N)c2C(=NC)c2ccc(Oc3cccc(F)c3)cc2F)C1. The average Bonchev–Trinajstić information content (AvgIpc) is 3.35. The van der Waals surface area contributed by atoms with Gasteiger partial charge in [-0.1, -0.05) is 19.6 Å². The van der Waals surface area contributed by atoms with E-state index in [9.17, 15) is 9.18 Å². The van der Waals surface area contributed by atoms with E-state index < -0.39 is 11.6 Å². The molecule has 4 rings (SSSR count). The summed E-state index contributed by atoms with van der Waals surface area (Å²) >= 11 is 0. The highest BCUT2D eigenvalue weighted by Gasteiger charge is 2.31. The minimum atomic E-state index is -0.571. The van der Waals surface area contributed by atoms with Crippen molar-refractivity contribution < 1.29 is 18.3 Å². The molecule has 3 atom stereocenters. The van der Waals surface area contributed by atoms with Crippen LogP contribution in [0.5, 0.6) is 11.5 Å². The number of ether oxygens (including phenoxy) is 1. The molecule has 38 heavy (non-hydrogen) atoms. The standard InChI is InChI=1S/C29H31F2N5O2/c1-4-26(37)36-20-9-8-18(13-20)17(2)12-25-27(29(32)35-16-34-25)28(33-3)23-11-10-22(15-24(23)31)38-21-7-5-6-19(30)14-21/h4-7,10-11,14-18,20H,1,8-9,12-13H2,2-3H3,(H,36,37)(H2,32,34,35)/t17?,18?,20-/m1/s1. The molecular weight excluding hydrogens is 488 g/mol. The van der Waals surface area contributed by atoms with Gasteiger partial charge < -0.3 is 15.8 Å². The summed E-state index contributed by atoms with van der Waals surface area (Å²) in [6, 6.07) is 10.1. The minimum Gasteiger partial charge on any atom is -0.457 e. The van der Waals surface area contributed by atoms with Crippen molar-refractivity contribution in [2.45, 2.75) is 38.6 Å². The number of carbonyl (C=O) groups is 1. The van der Waals surface area contributed by atoms with Gasteiger partial charge in [0.05, 0.1) is 17.0 Å². The molecule has 1 aliphatic rings. The minimum absolute atomic E-state index is 0.123. The van der Waals surface area contributed by atoms with Gasteiger partial charge >= 0.3 is 0 Å². The number of aromatic nitrogens is 2. The van der Waals surface area contributed by atoms with Gasteiger partial charge in [0, 0.05) is 30.8 Å². The van der Waals surface area contributed by atoms with Crippen LogP contribution in [0.15, 0.2) is 66.4 Å². The summed E-state index contributed by atoms with van der Waals surface area (Å²) in [7, 11) is 1.56. The number of nitrogens with one attached hydrogen (secondary N) is 1. The fourth-order valence-electron chi connectivity index (χ4n) is 5.03. The maximum atomic E-state index is 15.3. The summed E-state index contributed by atoms with van der Waals surface area (Å²) in [5, 5.41) is 2.98. The summed E-state index contributed by atoms with van der Waals surface area (Å²) in [4.78, 5) is 24.7. The number of hydrogen-bond donors (Lipinski definition) is 2. The molecule has 2 unspecified atom stereocenters. The highest BCUT2D eigenvalue weighted by Crippen LogP contribution is 2.35. The number of nitrogens with zero attached hydrogens (tertiary/aromatic N) is 3. The molecule has 3 aromatic rings. The summed E-state index contributed by atoms with van der Waals surface area (Å²) in [5.74, 6) is 0.131. The molecule has 1 amide bonds. The van der Waals surface area contributed by atoms with Gasteiger partial charge in [-0.2, -0.15) is 0 Å². The molecular formula is C29H31F2N5O2. The highest BCUT2D eigenvalue weighted by molar-refractivity contribution is 6.16. The van der Waals surface area contributed by atoms with Crippen LogP contribution in [0.1, 0.15) is 43.0 Å². The van der Waals surface area contributed by atoms with Crippen LogP contribution in [-0.4, -0.2) is 34.7 Å². The van der Waals surface area contributed by atoms with E-state index in [1.165, 1.54) is 36.7 Å². The van der Waals surface area contributed by atoms with E-state index in [1.807, 2.05) is 0 Å². The smallest absolute Gasteiger partial charge is 0.243 e. The van der Waals surface area contributed by atoms with Gasteiger partial charge in [-0.3, -0.25) is 9.79 Å². The zero-order valence-corrected chi connectivity index (χ0v) is 21.5. The second-order valence-electron chi connectivity index (χ2n) is 9.52. The molecule has 0 bridgehead atoms. The number of nitrogen functional groups attached to an aromatic ring is 1. The molecule has 1 fully saturated rings. The van der Waals surface area contributed by atoms with Crippen molar-refractivity contribution in [2.24, 2.45) is 16.8 Å². The van der Waals surface area contributed by atoms with Crippen molar-refractivity contribution in [2.75, 3.05) is 12.8 Å². The topological polar surface area (TPSA) is 102 Å². The Hall–Kier alpha value is -4.14. The summed E-state index contributed by atoms with van der Waals surface area (Å²) in [6.45, 7) is 5.66. The fourth-order valence-corrected chi connectivity index (χ4v) is 5.03. The lowest BCUT2D eigenvalue weighted by Gasteiger charge is -2.21. The van der Waals surface area contributed by atoms with Crippen molar-refractivity contribution in [1.82, 2.24) is 15.3 Å². The second-order valence-corrected chi connectivity index (χ2v) is 9.52. The number of halogens is 2. The largest absolute Gasteiger partial charge is 0.457 e. The van der Waals surface area contributed by atoms with Gasteiger partial charge in [0.15, 0.2) is 0 Å². The Morgan fingerprint density at radius 3 is 2.74 bits per heavy atom. The van der Waals surface area contributed by atoms with Crippen LogP contribution in [0.3, 0.4) is 0 Å². The van der Waals surface area contributed by atoms with Gasteiger partial charge in [0.1, 0.15) is 35.3 Å². The summed E-state index contributed by atoms with van der Waals surface area (Å²) < 4.78 is 34.4. The Labute approximate surface area is 220 Å². The first-order chi connectivity index (χ1) is 18.3. The van der Waals surface area contributed by atoms with Crippen molar-refractivity contribution in [3.63, 3.8) is 0 Å². The Morgan fingerprint density at radius 1 is 1.24 bits per heavy atom. The fraction of sp³-hybridized carbons (Fsp3) is 0.310. The first-order valence-electron chi connectivity index (χ1n) is 12.5. The lowest BCUT2D eigenvalue weighted by atomic mass is 9.86. The van der Waals surface area contributed by atoms with Crippen LogP contribution in [0.25, 0.3) is 0 Å². The first kappa shape index (κ1) is 26.9. The van der Waals surface area contributed by atoms with Crippen LogP contribution in [0, 0.1) is 23.5 Å². The molecule has 9 heteroatoms. The first-order valence-corrected chi connectivity index (χ1v) is 12.5. The Balaban J connectivity index is 1.55. The molecule has 2 aromatic carbocycles. The number of benzene rings is 2. The van der Waals surface area contributed by atoms with Crippen LogP contribution in [-0.2, 0) is 11.2 Å². The quantitative estimate of drug-likeness (QED) is 0.297. The van der Waals surface area contributed by atoms with Crippen LogP contribution in [0.2, 0.25) is 0 Å². The van der Waals surface area contributed by atoms with E-state index in [0.29, 0.717) is 29.3 Å². The monoisotopic (exact) mass is 519 g/mol. The third-order valence-corrected chi connectivity index (χ3v) is 6.97. The Morgan fingerprint density at radius 2 is 2.03 bits per heavy atom. The maximum absolute atomic E-state index is 15.3. The molecule has 3 N–H and O–H groups in total. The predicted molar refractivity (Wildman–Crippen MR) is 143 cm³/mol. The predicted octanol–water partition coefficient (Wildman–Crippen LogP) is 5.25. The van der Waals surface area contributed by atoms with Gasteiger partial charge in [-0.05, 0) is 67.9 Å². The number of anilines is 1. The van der Waals surface area contributed by atoms with E-state index in [0.717, 1.165) is 19.3 Å². The van der Waals surface area contributed by atoms with E-state index >= 15 is 4.39 Å². The summed E-state index contributed by atoms with van der Waals surface area (Å²) in [6.07, 6.45) is 6.04. The third-order valence-electron chi connectivity index (χ3n) is 6.97. The van der Waals surface area contributed by atoms with Crippen LogP contribution in [0.4, 0.5) is 14.6 Å². The normalized spacial score (nSPS) is 18.2. The van der Waals surface area contributed by atoms with E-state index in [1.54, 1.807) is 25.2 Å². The van der Waals surface area contributed by atoms with Gasteiger partial charge in [0.25, 0.3) is 0 Å². The highest BCUT2D eigenvalue weighted by atomic mass is 19.1. The average molecular weight is 520 g/mol. The number of nitrogens with two attached hydrogens (primary N) is 1. The Kier molecular flexibility index (Phi) is 8.45. The van der Waals surface area contributed by atoms with Crippen LogP contribution < -0.4 is 15.8 Å². The number of rotatable bonds is 9. The molecule has 0 aliphatic heterocycles. The molecule has 0 radical (unpaired) electrons. The van der Waals surface area contributed by atoms with Gasteiger partial charge in [-0.25, -0.2) is 18.7 Å². The van der Waals surface area contributed by atoms with Crippen molar-refractivity contribution in [3.8, 4) is 11.5 Å². The lowest BCUT2D eigenvalue weighted by molar-refractivity contribution is -0.117. The summed E-state index contributed by atoms with van der Waals surface area (Å²) in [5.41, 5.74) is 8.02. The second kappa shape index (κ2) is 11.9. The molecule has 1 heterocycles. The zero-order valence-electron chi connectivity index (χ0n) is 21.5. The van der Waals surface area contributed by atoms with Gasteiger partial charge in [0.2, 0.25) is 5.91 Å². The van der Waals surface area contributed by atoms with Crippen LogP contribution >= 0.6 is 0 Å². The number of aliphatic imine (C=N–C) groups is 1. The maximum Gasteiger partial charge on any atom is 0.243 e. The molecule has 7 nitrogen and oxygen atoms in total. The molecule has 1 saturated carbocycles. The van der Waals surface area contributed by atoms with Crippen molar-refractivity contribution in [3.05, 3.63) is 89.9 Å². The third kappa shape index (κ3) is 6.22. The lowest BCUT2D eigenvalue weighted by Crippen LogP contribution is -2.31. The van der Waals surface area contributed by atoms with E-state index in [4.69, 9.17) is 10.5 Å².